The Morgan fingerprint density at radius 3 is 2.39 bits per heavy atom. The van der Waals surface area contributed by atoms with E-state index < -0.39 is 11.9 Å². The molecule has 0 spiro atoms. The third-order valence-electron chi connectivity index (χ3n) is 4.76. The maximum Gasteiger partial charge on any atom is 0.308 e. The second-order valence-corrected chi connectivity index (χ2v) is 6.48. The molecule has 2 aliphatic rings. The summed E-state index contributed by atoms with van der Waals surface area (Å²) in [6.45, 7) is 0.928. The highest BCUT2D eigenvalue weighted by molar-refractivity contribution is 5.94. The quantitative estimate of drug-likeness (QED) is 0.927. The number of hydrogen-bond donors (Lipinski definition) is 1. The van der Waals surface area contributed by atoms with Gasteiger partial charge in [-0.3, -0.25) is 9.59 Å². The molecular formula is C18H23NO4. The number of rotatable bonds is 4. The summed E-state index contributed by atoms with van der Waals surface area (Å²) >= 11 is 0. The Kier molecular flexibility index (Phi) is 4.84. The topological polar surface area (TPSA) is 66.8 Å². The third kappa shape index (κ3) is 3.84. The average Bonchev–Trinajstić information content (AvgIpc) is 3.08. The molecule has 23 heavy (non-hydrogen) atoms. The second kappa shape index (κ2) is 7.02. The molecule has 1 aliphatic heterocycles. The van der Waals surface area contributed by atoms with Crippen molar-refractivity contribution in [3.8, 4) is 5.75 Å². The van der Waals surface area contributed by atoms with Crippen LogP contribution in [-0.2, 0) is 4.79 Å². The average molecular weight is 317 g/mol. The minimum atomic E-state index is -0.817. The molecule has 1 saturated heterocycles. The number of carboxylic acids is 1. The van der Waals surface area contributed by atoms with Crippen LogP contribution in [-0.4, -0.2) is 41.1 Å². The van der Waals surface area contributed by atoms with Crippen molar-refractivity contribution >= 4 is 11.9 Å². The van der Waals surface area contributed by atoms with Gasteiger partial charge in [-0.2, -0.15) is 0 Å². The van der Waals surface area contributed by atoms with E-state index in [9.17, 15) is 9.59 Å². The number of carbonyl (C=O) groups is 2. The van der Waals surface area contributed by atoms with E-state index in [2.05, 4.69) is 0 Å². The number of amides is 1. The third-order valence-corrected chi connectivity index (χ3v) is 4.76. The fourth-order valence-electron chi connectivity index (χ4n) is 3.42. The van der Waals surface area contributed by atoms with Gasteiger partial charge in [-0.15, -0.1) is 0 Å². The summed E-state index contributed by atoms with van der Waals surface area (Å²) in [7, 11) is 0. The van der Waals surface area contributed by atoms with E-state index in [1.165, 1.54) is 12.8 Å². The number of hydrogen-bond acceptors (Lipinski definition) is 3. The zero-order valence-electron chi connectivity index (χ0n) is 13.2. The fourth-order valence-corrected chi connectivity index (χ4v) is 3.42. The van der Waals surface area contributed by atoms with Crippen LogP contribution in [0.2, 0.25) is 0 Å². The van der Waals surface area contributed by atoms with Gasteiger partial charge in [-0.25, -0.2) is 0 Å². The molecule has 0 aromatic heterocycles. The molecule has 1 saturated carbocycles. The number of carboxylic acid groups (broad SMARTS) is 1. The van der Waals surface area contributed by atoms with Crippen molar-refractivity contribution < 1.29 is 19.4 Å². The van der Waals surface area contributed by atoms with Crippen molar-refractivity contribution in [2.45, 2.75) is 44.6 Å². The molecule has 1 aromatic carbocycles. The van der Waals surface area contributed by atoms with Crippen molar-refractivity contribution in [3.63, 3.8) is 0 Å². The lowest BCUT2D eigenvalue weighted by Crippen LogP contribution is -2.42. The van der Waals surface area contributed by atoms with E-state index in [-0.39, 0.29) is 5.91 Å². The van der Waals surface area contributed by atoms with Gasteiger partial charge in [0.25, 0.3) is 5.91 Å². The zero-order valence-corrected chi connectivity index (χ0v) is 13.2. The minimum absolute atomic E-state index is 0.0941. The standard InChI is InChI=1S/C18H23NO4/c20-17(19-11-3-4-14(12-19)18(21)22)13-7-9-16(10-8-13)23-15-5-1-2-6-15/h7-10,14-15H,1-6,11-12H2,(H,21,22)/t14-/m1/s1. The molecule has 3 rings (SSSR count). The largest absolute Gasteiger partial charge is 0.490 e. The maximum absolute atomic E-state index is 12.5. The van der Waals surface area contributed by atoms with Crippen LogP contribution in [0.3, 0.4) is 0 Å². The van der Waals surface area contributed by atoms with Gasteiger partial charge in [0, 0.05) is 18.7 Å². The van der Waals surface area contributed by atoms with Crippen LogP contribution >= 0.6 is 0 Å². The van der Waals surface area contributed by atoms with Gasteiger partial charge in [0.15, 0.2) is 0 Å². The molecular weight excluding hydrogens is 294 g/mol. The number of nitrogens with zero attached hydrogens (tertiary/aromatic N) is 1. The molecule has 1 N–H and O–H groups in total. The Labute approximate surface area is 136 Å². The molecule has 5 nitrogen and oxygen atoms in total. The first kappa shape index (κ1) is 15.8. The Morgan fingerprint density at radius 2 is 1.74 bits per heavy atom. The van der Waals surface area contributed by atoms with Gasteiger partial charge in [0.1, 0.15) is 5.75 Å². The SMILES string of the molecule is O=C(O)[C@@H]1CCCN(C(=O)c2ccc(OC3CCCC3)cc2)C1. The number of ether oxygens (including phenoxy) is 1. The zero-order chi connectivity index (χ0) is 16.2. The molecule has 1 aromatic rings. The first-order chi connectivity index (χ1) is 11.1. The predicted molar refractivity (Wildman–Crippen MR) is 85.6 cm³/mol. The van der Waals surface area contributed by atoms with Crippen molar-refractivity contribution in [1.29, 1.82) is 0 Å². The van der Waals surface area contributed by atoms with Crippen LogP contribution in [0, 0.1) is 5.92 Å². The van der Waals surface area contributed by atoms with Crippen molar-refractivity contribution in [3.05, 3.63) is 29.8 Å². The maximum atomic E-state index is 12.5. The molecule has 5 heteroatoms. The summed E-state index contributed by atoms with van der Waals surface area (Å²) in [5.41, 5.74) is 0.592. The molecule has 1 heterocycles. The van der Waals surface area contributed by atoms with Crippen molar-refractivity contribution in [1.82, 2.24) is 4.90 Å². The van der Waals surface area contributed by atoms with Gasteiger partial charge >= 0.3 is 5.97 Å². The Bertz CT molecular complexity index is 563. The summed E-state index contributed by atoms with van der Waals surface area (Å²) in [6.07, 6.45) is 6.34. The molecule has 2 fully saturated rings. The van der Waals surface area contributed by atoms with E-state index in [0.717, 1.165) is 25.0 Å². The van der Waals surface area contributed by atoms with Gasteiger partial charge in [0.2, 0.25) is 0 Å². The lowest BCUT2D eigenvalue weighted by Gasteiger charge is -2.30. The highest BCUT2D eigenvalue weighted by Gasteiger charge is 2.28. The summed E-state index contributed by atoms with van der Waals surface area (Å²) in [6, 6.07) is 7.22. The van der Waals surface area contributed by atoms with Crippen LogP contribution in [0.1, 0.15) is 48.9 Å². The summed E-state index contributed by atoms with van der Waals surface area (Å²) in [4.78, 5) is 25.3. The summed E-state index contributed by atoms with van der Waals surface area (Å²) in [5, 5.41) is 9.13. The molecule has 1 amide bonds. The van der Waals surface area contributed by atoms with Crippen LogP contribution in [0.15, 0.2) is 24.3 Å². The predicted octanol–water partition coefficient (Wildman–Crippen LogP) is 2.94. The lowest BCUT2D eigenvalue weighted by molar-refractivity contribution is -0.143. The molecule has 1 atom stereocenters. The molecule has 1 aliphatic carbocycles. The second-order valence-electron chi connectivity index (χ2n) is 6.48. The van der Waals surface area contributed by atoms with Gasteiger partial charge < -0.3 is 14.7 Å². The highest BCUT2D eigenvalue weighted by Crippen LogP contribution is 2.25. The Hall–Kier alpha value is -2.04. The van der Waals surface area contributed by atoms with E-state index >= 15 is 0 Å². The molecule has 0 bridgehead atoms. The van der Waals surface area contributed by atoms with Crippen LogP contribution in [0.4, 0.5) is 0 Å². The van der Waals surface area contributed by atoms with Crippen molar-refractivity contribution in [2.24, 2.45) is 5.92 Å². The lowest BCUT2D eigenvalue weighted by atomic mass is 9.97. The van der Waals surface area contributed by atoms with Crippen LogP contribution in [0.25, 0.3) is 0 Å². The first-order valence-electron chi connectivity index (χ1n) is 8.42. The van der Waals surface area contributed by atoms with Crippen LogP contribution < -0.4 is 4.74 Å². The number of benzene rings is 1. The summed E-state index contributed by atoms with van der Waals surface area (Å²) < 4.78 is 5.90. The number of aliphatic carboxylic acids is 1. The number of likely N-dealkylation sites (tertiary alicyclic amines) is 1. The van der Waals surface area contributed by atoms with Gasteiger partial charge in [-0.05, 0) is 62.8 Å². The van der Waals surface area contributed by atoms with E-state index in [1.807, 2.05) is 12.1 Å². The van der Waals surface area contributed by atoms with E-state index in [1.54, 1.807) is 17.0 Å². The number of piperidine rings is 1. The van der Waals surface area contributed by atoms with Crippen LogP contribution in [0.5, 0.6) is 5.75 Å². The van der Waals surface area contributed by atoms with E-state index in [0.29, 0.717) is 31.2 Å². The highest BCUT2D eigenvalue weighted by atomic mass is 16.5. The minimum Gasteiger partial charge on any atom is -0.490 e. The van der Waals surface area contributed by atoms with E-state index in [4.69, 9.17) is 9.84 Å². The molecule has 124 valence electrons. The first-order valence-corrected chi connectivity index (χ1v) is 8.42. The van der Waals surface area contributed by atoms with Gasteiger partial charge in [-0.1, -0.05) is 0 Å². The normalized spacial score (nSPS) is 22.1. The monoisotopic (exact) mass is 317 g/mol. The summed E-state index contributed by atoms with van der Waals surface area (Å²) in [5.74, 6) is -0.556. The van der Waals surface area contributed by atoms with Crippen molar-refractivity contribution in [2.75, 3.05) is 13.1 Å². The molecule has 0 unspecified atom stereocenters. The fraction of sp³-hybridized carbons (Fsp3) is 0.556. The number of carbonyl (C=O) groups excluding carboxylic acids is 1. The Morgan fingerprint density at radius 1 is 1.04 bits per heavy atom. The Balaban J connectivity index is 1.61. The molecule has 0 radical (unpaired) electrons. The smallest absolute Gasteiger partial charge is 0.308 e. The van der Waals surface area contributed by atoms with Gasteiger partial charge in [0.05, 0.1) is 12.0 Å².